The molecule has 3 nitrogen and oxygen atoms in total. The summed E-state index contributed by atoms with van der Waals surface area (Å²) in [6.45, 7) is 0. The van der Waals surface area contributed by atoms with Crippen molar-refractivity contribution in [3.8, 4) is 0 Å². The van der Waals surface area contributed by atoms with Crippen molar-refractivity contribution in [1.29, 1.82) is 0 Å². The van der Waals surface area contributed by atoms with Gasteiger partial charge in [-0.3, -0.25) is 0 Å². The second-order valence-electron chi connectivity index (χ2n) is 4.03. The first-order valence-electron chi connectivity index (χ1n) is 5.41. The van der Waals surface area contributed by atoms with Crippen molar-refractivity contribution in [2.45, 2.75) is 10.6 Å². The van der Waals surface area contributed by atoms with E-state index in [4.69, 9.17) is 17.3 Å². The summed E-state index contributed by atoms with van der Waals surface area (Å²) in [5.74, 6) is -0.126. The molecule has 0 aliphatic heterocycles. The molecule has 0 atom stereocenters. The molecule has 100 valence electrons. The third kappa shape index (κ3) is 3.29. The maximum Gasteiger partial charge on any atom is 0.184 e. The number of sulfone groups is 1. The molecule has 0 radical (unpaired) electrons. The normalized spacial score (nSPS) is 11.5. The Bertz CT molecular complexity index is 716. The number of hydrogen-bond donors (Lipinski definition) is 1. The molecule has 2 aromatic rings. The van der Waals surface area contributed by atoms with Crippen LogP contribution in [0.1, 0.15) is 5.56 Å². The van der Waals surface area contributed by atoms with E-state index >= 15 is 0 Å². The lowest BCUT2D eigenvalue weighted by Gasteiger charge is -2.09. The SMILES string of the molecule is Nc1ccc(Cl)cc1S(=O)(=O)Cc1ccccc1Br. The summed E-state index contributed by atoms with van der Waals surface area (Å²) in [6.07, 6.45) is 0. The van der Waals surface area contributed by atoms with Gasteiger partial charge in [-0.15, -0.1) is 0 Å². The summed E-state index contributed by atoms with van der Waals surface area (Å²) in [7, 11) is -3.53. The van der Waals surface area contributed by atoms with Crippen LogP contribution in [0.5, 0.6) is 0 Å². The Labute approximate surface area is 125 Å². The number of rotatable bonds is 3. The standard InChI is InChI=1S/C13H11BrClNO2S/c14-11-4-2-1-3-9(11)8-19(17,18)13-7-10(15)5-6-12(13)16/h1-7H,8,16H2. The molecule has 2 rings (SSSR count). The molecule has 6 heteroatoms. The smallest absolute Gasteiger partial charge is 0.184 e. The van der Waals surface area contributed by atoms with Gasteiger partial charge in [-0.25, -0.2) is 8.42 Å². The lowest BCUT2D eigenvalue weighted by molar-refractivity contribution is 0.595. The zero-order valence-corrected chi connectivity index (χ0v) is 13.0. The van der Waals surface area contributed by atoms with Gasteiger partial charge in [0, 0.05) is 9.50 Å². The van der Waals surface area contributed by atoms with Gasteiger partial charge in [0.1, 0.15) is 0 Å². The molecular weight excluding hydrogens is 350 g/mol. The fraction of sp³-hybridized carbons (Fsp3) is 0.0769. The molecule has 19 heavy (non-hydrogen) atoms. The molecule has 0 heterocycles. The predicted molar refractivity (Wildman–Crippen MR) is 80.9 cm³/mol. The zero-order valence-electron chi connectivity index (χ0n) is 9.81. The van der Waals surface area contributed by atoms with Crippen LogP contribution in [-0.4, -0.2) is 8.42 Å². The van der Waals surface area contributed by atoms with Crippen LogP contribution in [0.2, 0.25) is 5.02 Å². The third-order valence-electron chi connectivity index (χ3n) is 2.61. The quantitative estimate of drug-likeness (QED) is 0.850. The molecule has 0 aromatic heterocycles. The molecule has 0 amide bonds. The summed E-state index contributed by atoms with van der Waals surface area (Å²) in [6, 6.07) is 11.6. The number of nitrogen functional groups attached to an aromatic ring is 1. The number of halogens is 2. The predicted octanol–water partition coefficient (Wildman–Crippen LogP) is 3.66. The van der Waals surface area contributed by atoms with Gasteiger partial charge in [0.15, 0.2) is 9.84 Å². The van der Waals surface area contributed by atoms with E-state index in [0.29, 0.717) is 10.6 Å². The minimum Gasteiger partial charge on any atom is -0.398 e. The van der Waals surface area contributed by atoms with Gasteiger partial charge in [-0.2, -0.15) is 0 Å². The lowest BCUT2D eigenvalue weighted by Crippen LogP contribution is -2.08. The highest BCUT2D eigenvalue weighted by molar-refractivity contribution is 9.10. The minimum atomic E-state index is -3.53. The van der Waals surface area contributed by atoms with Crippen molar-refractivity contribution in [2.24, 2.45) is 0 Å². The van der Waals surface area contributed by atoms with Gasteiger partial charge in [0.2, 0.25) is 0 Å². The second kappa shape index (κ2) is 5.53. The molecule has 2 aromatic carbocycles. The van der Waals surface area contributed by atoms with Crippen LogP contribution in [-0.2, 0) is 15.6 Å². The summed E-state index contributed by atoms with van der Waals surface area (Å²) in [5, 5.41) is 0.347. The lowest BCUT2D eigenvalue weighted by atomic mass is 10.2. The molecule has 2 N–H and O–H groups in total. The Hall–Kier alpha value is -1.04. The average Bonchev–Trinajstić information content (AvgIpc) is 2.35. The van der Waals surface area contributed by atoms with Crippen LogP contribution >= 0.6 is 27.5 Å². The van der Waals surface area contributed by atoms with Crippen LogP contribution in [0, 0.1) is 0 Å². The number of hydrogen-bond acceptors (Lipinski definition) is 3. The molecule has 0 bridgehead atoms. The highest BCUT2D eigenvalue weighted by Gasteiger charge is 2.19. The van der Waals surface area contributed by atoms with Crippen LogP contribution in [0.3, 0.4) is 0 Å². The Kier molecular flexibility index (Phi) is 4.18. The average molecular weight is 361 g/mol. The van der Waals surface area contributed by atoms with Crippen molar-refractivity contribution >= 4 is 43.1 Å². The van der Waals surface area contributed by atoms with Gasteiger partial charge in [0.25, 0.3) is 0 Å². The monoisotopic (exact) mass is 359 g/mol. The summed E-state index contributed by atoms with van der Waals surface area (Å²) < 4.78 is 25.5. The largest absolute Gasteiger partial charge is 0.398 e. The first kappa shape index (κ1) is 14.4. The van der Waals surface area contributed by atoms with Gasteiger partial charge in [0.05, 0.1) is 16.3 Å². The van der Waals surface area contributed by atoms with Crippen LogP contribution < -0.4 is 5.73 Å². The minimum absolute atomic E-state index is 0.0655. The summed E-state index contributed by atoms with van der Waals surface area (Å²) >= 11 is 9.16. The fourth-order valence-corrected chi connectivity index (χ4v) is 4.07. The van der Waals surface area contributed by atoms with E-state index in [0.717, 1.165) is 4.47 Å². The Morgan fingerprint density at radius 2 is 1.84 bits per heavy atom. The summed E-state index contributed by atoms with van der Waals surface area (Å²) in [4.78, 5) is 0.0655. The van der Waals surface area contributed by atoms with E-state index in [9.17, 15) is 8.42 Å². The Balaban J connectivity index is 2.44. The number of benzene rings is 2. The molecular formula is C13H11BrClNO2S. The van der Waals surface area contributed by atoms with Crippen LogP contribution in [0.25, 0.3) is 0 Å². The van der Waals surface area contributed by atoms with Crippen molar-refractivity contribution in [3.05, 3.63) is 57.5 Å². The van der Waals surface area contributed by atoms with Crippen molar-refractivity contribution in [3.63, 3.8) is 0 Å². The third-order valence-corrected chi connectivity index (χ3v) is 5.34. The molecule has 0 saturated heterocycles. The van der Waals surface area contributed by atoms with Gasteiger partial charge in [-0.1, -0.05) is 45.7 Å². The maximum atomic E-state index is 12.4. The van der Waals surface area contributed by atoms with Crippen molar-refractivity contribution in [2.75, 3.05) is 5.73 Å². The first-order valence-corrected chi connectivity index (χ1v) is 8.23. The molecule has 0 saturated carbocycles. The number of anilines is 1. The number of nitrogens with two attached hydrogens (primary N) is 1. The molecule has 0 fully saturated rings. The molecule has 0 aliphatic carbocycles. The Morgan fingerprint density at radius 3 is 2.53 bits per heavy atom. The first-order chi connectivity index (χ1) is 8.90. The molecule has 0 spiro atoms. The van der Waals surface area contributed by atoms with Crippen LogP contribution in [0.4, 0.5) is 5.69 Å². The van der Waals surface area contributed by atoms with Gasteiger partial charge >= 0.3 is 0 Å². The Morgan fingerprint density at radius 1 is 1.16 bits per heavy atom. The topological polar surface area (TPSA) is 60.2 Å². The van der Waals surface area contributed by atoms with Crippen molar-refractivity contribution < 1.29 is 8.42 Å². The molecule has 0 unspecified atom stereocenters. The summed E-state index contributed by atoms with van der Waals surface area (Å²) in [5.41, 5.74) is 6.61. The zero-order chi connectivity index (χ0) is 14.0. The van der Waals surface area contributed by atoms with Gasteiger partial charge < -0.3 is 5.73 Å². The fourth-order valence-electron chi connectivity index (χ4n) is 1.68. The van der Waals surface area contributed by atoms with Gasteiger partial charge in [-0.05, 0) is 29.8 Å². The highest BCUT2D eigenvalue weighted by atomic mass is 79.9. The van der Waals surface area contributed by atoms with E-state index in [2.05, 4.69) is 15.9 Å². The molecule has 0 aliphatic rings. The van der Waals surface area contributed by atoms with E-state index in [-0.39, 0.29) is 16.3 Å². The van der Waals surface area contributed by atoms with E-state index < -0.39 is 9.84 Å². The van der Waals surface area contributed by atoms with E-state index in [1.807, 2.05) is 6.07 Å². The van der Waals surface area contributed by atoms with E-state index in [1.165, 1.54) is 12.1 Å². The second-order valence-corrected chi connectivity index (χ2v) is 7.28. The maximum absolute atomic E-state index is 12.4. The van der Waals surface area contributed by atoms with E-state index in [1.54, 1.807) is 24.3 Å². The van der Waals surface area contributed by atoms with Crippen LogP contribution in [0.15, 0.2) is 51.8 Å². The van der Waals surface area contributed by atoms with Crippen molar-refractivity contribution in [1.82, 2.24) is 0 Å². The highest BCUT2D eigenvalue weighted by Crippen LogP contribution is 2.27.